The minimum atomic E-state index is -1.13. The number of hydrogen-bond acceptors (Lipinski definition) is 5. The molecule has 0 spiro atoms. The molecule has 1 fully saturated rings. The van der Waals surface area contributed by atoms with Gasteiger partial charge in [0.15, 0.2) is 6.10 Å². The Hall–Kier alpha value is -3.39. The van der Waals surface area contributed by atoms with Gasteiger partial charge >= 0.3 is 12.1 Å². The molecule has 34 heavy (non-hydrogen) atoms. The van der Waals surface area contributed by atoms with Gasteiger partial charge in [-0.05, 0) is 40.5 Å². The largest absolute Gasteiger partial charge is 0.479 e. The number of hydrogen-bond donors (Lipinski definition) is 3. The fourth-order valence-electron chi connectivity index (χ4n) is 4.88. The summed E-state index contributed by atoms with van der Waals surface area (Å²) in [5.74, 6) is -1.39. The molecule has 2 aliphatic rings. The van der Waals surface area contributed by atoms with Gasteiger partial charge in [0.25, 0.3) is 0 Å². The summed E-state index contributed by atoms with van der Waals surface area (Å²) in [5, 5.41) is 14.5. The number of aliphatic carboxylic acids is 1. The second-order valence-corrected chi connectivity index (χ2v) is 9.08. The van der Waals surface area contributed by atoms with Gasteiger partial charge in [-0.1, -0.05) is 55.0 Å². The van der Waals surface area contributed by atoms with Crippen LogP contribution in [0.15, 0.2) is 48.5 Å². The number of ether oxygens (including phenoxy) is 2. The molecule has 4 rings (SSSR count). The lowest BCUT2D eigenvalue weighted by atomic mass is 9.66. The predicted molar refractivity (Wildman–Crippen MR) is 125 cm³/mol. The summed E-state index contributed by atoms with van der Waals surface area (Å²) in [6, 6.07) is 16.3. The highest BCUT2D eigenvalue weighted by molar-refractivity contribution is 5.80. The number of rotatable bonds is 10. The Morgan fingerprint density at radius 1 is 1.03 bits per heavy atom. The van der Waals surface area contributed by atoms with Gasteiger partial charge in [-0.3, -0.25) is 4.79 Å². The van der Waals surface area contributed by atoms with Gasteiger partial charge in [-0.2, -0.15) is 0 Å². The number of carbonyl (C=O) groups is 3. The molecule has 3 N–H and O–H groups in total. The van der Waals surface area contributed by atoms with Crippen LogP contribution in [0.4, 0.5) is 4.79 Å². The zero-order valence-electron chi connectivity index (χ0n) is 19.2. The molecule has 2 amide bonds. The van der Waals surface area contributed by atoms with Crippen molar-refractivity contribution < 1.29 is 29.0 Å². The van der Waals surface area contributed by atoms with Gasteiger partial charge in [0.05, 0.1) is 6.54 Å². The molecule has 1 saturated carbocycles. The molecule has 8 nitrogen and oxygen atoms in total. The normalized spacial score (nSPS) is 16.5. The van der Waals surface area contributed by atoms with E-state index in [0.29, 0.717) is 6.54 Å². The molecule has 1 unspecified atom stereocenters. The fraction of sp³-hybridized carbons (Fsp3) is 0.423. The summed E-state index contributed by atoms with van der Waals surface area (Å²) >= 11 is 0. The molecule has 2 aromatic rings. The predicted octanol–water partition coefficient (Wildman–Crippen LogP) is 3.30. The van der Waals surface area contributed by atoms with Crippen LogP contribution < -0.4 is 10.6 Å². The van der Waals surface area contributed by atoms with E-state index < -0.39 is 18.2 Å². The van der Waals surface area contributed by atoms with Gasteiger partial charge in [0.1, 0.15) is 6.61 Å². The first-order valence-electron chi connectivity index (χ1n) is 11.5. The van der Waals surface area contributed by atoms with Crippen LogP contribution in [0.3, 0.4) is 0 Å². The summed E-state index contributed by atoms with van der Waals surface area (Å²) in [6.07, 6.45) is 1.24. The second kappa shape index (κ2) is 10.3. The first-order chi connectivity index (χ1) is 16.4. The number of benzene rings is 2. The van der Waals surface area contributed by atoms with Gasteiger partial charge in [0.2, 0.25) is 5.91 Å². The highest BCUT2D eigenvalue weighted by Crippen LogP contribution is 2.45. The smallest absolute Gasteiger partial charge is 0.407 e. The average Bonchev–Trinajstić information content (AvgIpc) is 3.13. The van der Waals surface area contributed by atoms with E-state index in [9.17, 15) is 14.4 Å². The van der Waals surface area contributed by atoms with Gasteiger partial charge in [-0.25, -0.2) is 9.59 Å². The zero-order valence-corrected chi connectivity index (χ0v) is 19.2. The van der Waals surface area contributed by atoms with Crippen LogP contribution in [0.5, 0.6) is 0 Å². The number of fused-ring (bicyclic) bond motifs is 3. The number of nitrogens with one attached hydrogen (secondary N) is 2. The van der Waals surface area contributed by atoms with Crippen molar-refractivity contribution in [2.45, 2.75) is 37.7 Å². The fourth-order valence-corrected chi connectivity index (χ4v) is 4.88. The monoisotopic (exact) mass is 466 g/mol. The third-order valence-electron chi connectivity index (χ3n) is 6.95. The molecule has 2 aliphatic carbocycles. The quantitative estimate of drug-likeness (QED) is 0.495. The summed E-state index contributed by atoms with van der Waals surface area (Å²) in [5.41, 5.74) is 4.32. The summed E-state index contributed by atoms with van der Waals surface area (Å²) < 4.78 is 10.4. The van der Waals surface area contributed by atoms with E-state index in [-0.39, 0.29) is 36.8 Å². The van der Waals surface area contributed by atoms with Crippen LogP contribution in [-0.2, 0) is 19.1 Å². The lowest BCUT2D eigenvalue weighted by Crippen LogP contribution is -2.46. The Bertz CT molecular complexity index is 1020. The lowest BCUT2D eigenvalue weighted by molar-refractivity contribution is -0.148. The number of methoxy groups -OCH3 is 1. The standard InChI is InChI=1S/C26H30N2O6/c1-33-22(24(30)31)14-27-23(29)13-26(11-6-12-26)16-28-25(32)34-15-21-19-9-4-2-7-17(19)18-8-3-5-10-20(18)21/h2-5,7-10,21-22H,6,11-16H2,1H3,(H,27,29)(H,28,32)(H,30,31). The highest BCUT2D eigenvalue weighted by atomic mass is 16.5. The molecule has 2 aromatic carbocycles. The van der Waals surface area contributed by atoms with Gasteiger partial charge < -0.3 is 25.2 Å². The van der Waals surface area contributed by atoms with Crippen molar-refractivity contribution in [1.29, 1.82) is 0 Å². The molecule has 0 heterocycles. The van der Waals surface area contributed by atoms with Crippen molar-refractivity contribution in [2.24, 2.45) is 5.41 Å². The third kappa shape index (κ3) is 5.07. The first-order valence-corrected chi connectivity index (χ1v) is 11.5. The number of amides is 2. The van der Waals surface area contributed by atoms with Gasteiger partial charge in [-0.15, -0.1) is 0 Å². The number of carboxylic acid groups (broad SMARTS) is 1. The van der Waals surface area contributed by atoms with Crippen molar-refractivity contribution in [3.05, 3.63) is 59.7 Å². The Kier molecular flexibility index (Phi) is 7.17. The SMILES string of the molecule is COC(CNC(=O)CC1(CNC(=O)OCC2c3ccccc3-c3ccccc32)CCC1)C(=O)O. The van der Waals surface area contributed by atoms with Crippen molar-refractivity contribution in [2.75, 3.05) is 26.8 Å². The zero-order chi connectivity index (χ0) is 24.1. The lowest BCUT2D eigenvalue weighted by Gasteiger charge is -2.41. The van der Waals surface area contributed by atoms with Crippen molar-refractivity contribution in [3.8, 4) is 11.1 Å². The number of alkyl carbamates (subject to hydrolysis) is 1. The Morgan fingerprint density at radius 3 is 2.18 bits per heavy atom. The molecule has 180 valence electrons. The Balaban J connectivity index is 1.28. The van der Waals surface area contributed by atoms with Crippen LogP contribution in [0.1, 0.15) is 42.7 Å². The van der Waals surface area contributed by atoms with E-state index >= 15 is 0 Å². The summed E-state index contributed by atoms with van der Waals surface area (Å²) in [4.78, 5) is 35.9. The molecule has 0 bridgehead atoms. The van der Waals surface area contributed by atoms with Crippen LogP contribution in [0.25, 0.3) is 11.1 Å². The molecule has 0 saturated heterocycles. The van der Waals surface area contributed by atoms with Gasteiger partial charge in [0, 0.05) is 26.0 Å². The van der Waals surface area contributed by atoms with Crippen molar-refractivity contribution in [3.63, 3.8) is 0 Å². The van der Waals surface area contributed by atoms with E-state index in [1.54, 1.807) is 0 Å². The van der Waals surface area contributed by atoms with E-state index in [1.165, 1.54) is 18.2 Å². The number of carboxylic acids is 1. The molecular weight excluding hydrogens is 436 g/mol. The minimum Gasteiger partial charge on any atom is -0.479 e. The highest BCUT2D eigenvalue weighted by Gasteiger charge is 2.39. The molecule has 1 atom stereocenters. The topological polar surface area (TPSA) is 114 Å². The maximum absolute atomic E-state index is 12.5. The minimum absolute atomic E-state index is 0.00967. The first kappa shape index (κ1) is 23.8. The van der Waals surface area contributed by atoms with Crippen LogP contribution in [0, 0.1) is 5.41 Å². The van der Waals surface area contributed by atoms with Crippen molar-refractivity contribution in [1.82, 2.24) is 10.6 Å². The summed E-state index contributed by atoms with van der Waals surface area (Å²) in [7, 11) is 1.29. The maximum atomic E-state index is 12.5. The third-order valence-corrected chi connectivity index (χ3v) is 6.95. The second-order valence-electron chi connectivity index (χ2n) is 9.08. The molecule has 0 aromatic heterocycles. The van der Waals surface area contributed by atoms with Crippen LogP contribution >= 0.6 is 0 Å². The van der Waals surface area contributed by atoms with Crippen LogP contribution in [-0.4, -0.2) is 56.0 Å². The van der Waals surface area contributed by atoms with Crippen LogP contribution in [0.2, 0.25) is 0 Å². The Labute approximate surface area is 198 Å². The average molecular weight is 467 g/mol. The molecule has 8 heteroatoms. The van der Waals surface area contributed by atoms with E-state index in [2.05, 4.69) is 34.9 Å². The van der Waals surface area contributed by atoms with E-state index in [4.69, 9.17) is 14.6 Å². The molecule has 0 aliphatic heterocycles. The van der Waals surface area contributed by atoms with Crippen molar-refractivity contribution >= 4 is 18.0 Å². The number of carbonyl (C=O) groups excluding carboxylic acids is 2. The molecule has 0 radical (unpaired) electrons. The van der Waals surface area contributed by atoms with E-state index in [1.807, 2.05) is 24.3 Å². The molecular formula is C26H30N2O6. The maximum Gasteiger partial charge on any atom is 0.407 e. The Morgan fingerprint density at radius 2 is 1.65 bits per heavy atom. The summed E-state index contributed by atoms with van der Waals surface area (Å²) in [6.45, 7) is 0.477. The van der Waals surface area contributed by atoms with E-state index in [0.717, 1.165) is 30.4 Å².